The van der Waals surface area contributed by atoms with Gasteiger partial charge in [0.25, 0.3) is 5.56 Å². The molecule has 13 nitrogen and oxygen atoms in total. The number of halogens is 2. The van der Waals surface area contributed by atoms with Gasteiger partial charge in [-0.1, -0.05) is 13.0 Å². The number of hydrogen-bond acceptors (Lipinski definition) is 10. The number of piperazine rings is 1. The topological polar surface area (TPSA) is 139 Å². The van der Waals surface area contributed by atoms with Gasteiger partial charge in [0.1, 0.15) is 18.0 Å². The highest BCUT2D eigenvalue weighted by Crippen LogP contribution is 2.28. The first-order chi connectivity index (χ1) is 21.8. The number of pyridine rings is 1. The van der Waals surface area contributed by atoms with Gasteiger partial charge in [0, 0.05) is 38.1 Å². The number of carbonyl (C=O) groups is 1. The van der Waals surface area contributed by atoms with Gasteiger partial charge >= 0.3 is 6.61 Å². The van der Waals surface area contributed by atoms with Gasteiger partial charge in [0.15, 0.2) is 17.4 Å². The maximum Gasteiger partial charge on any atom is 0.387 e. The molecule has 5 heterocycles. The summed E-state index contributed by atoms with van der Waals surface area (Å²) in [5, 5.41) is 17.7. The molecule has 2 aliphatic heterocycles. The molecule has 0 saturated carbocycles. The number of benzene rings is 1. The summed E-state index contributed by atoms with van der Waals surface area (Å²) < 4.78 is 37.9. The van der Waals surface area contributed by atoms with Crippen LogP contribution in [0, 0.1) is 0 Å². The van der Waals surface area contributed by atoms with E-state index in [9.17, 15) is 23.5 Å². The highest BCUT2D eigenvalue weighted by atomic mass is 19.3. The standard InChI is InChI=1S/C30H32F2N8O5/c1-2-22-25(37-12-14-38(15-13-37)27-23(41)4-3-11-33-27)28(43)40-30(35-26(36-40)19-9-16-44-17-10-19)39(22)18-24(42)34-20-5-7-21(8-6-20)45-29(31)32/h3-9,11,29,41H,2,10,12-18H2,1H3,(H,34,42). The van der Waals surface area contributed by atoms with Gasteiger partial charge in [-0.25, -0.2) is 4.98 Å². The van der Waals surface area contributed by atoms with Gasteiger partial charge in [-0.15, -0.1) is 5.10 Å². The lowest BCUT2D eigenvalue weighted by molar-refractivity contribution is -0.116. The van der Waals surface area contributed by atoms with E-state index in [2.05, 4.69) is 20.1 Å². The van der Waals surface area contributed by atoms with E-state index in [4.69, 9.17) is 9.72 Å². The third-order valence-electron chi connectivity index (χ3n) is 7.74. The molecular formula is C30H32F2N8O5. The largest absolute Gasteiger partial charge is 0.504 e. The average molecular weight is 623 g/mol. The van der Waals surface area contributed by atoms with Crippen molar-refractivity contribution in [2.45, 2.75) is 32.9 Å². The lowest BCUT2D eigenvalue weighted by Crippen LogP contribution is -2.49. The van der Waals surface area contributed by atoms with Crippen LogP contribution in [0.25, 0.3) is 11.4 Å². The third-order valence-corrected chi connectivity index (χ3v) is 7.74. The van der Waals surface area contributed by atoms with Crippen molar-refractivity contribution in [3.05, 3.63) is 70.5 Å². The number of aromatic hydroxyl groups is 1. The predicted octanol–water partition coefficient (Wildman–Crippen LogP) is 2.92. The van der Waals surface area contributed by atoms with Crippen molar-refractivity contribution >= 4 is 34.5 Å². The molecule has 2 aliphatic rings. The van der Waals surface area contributed by atoms with Crippen molar-refractivity contribution in [2.75, 3.05) is 54.5 Å². The SMILES string of the molecule is CCc1c(N2CCN(c3ncccc3O)CC2)c(=O)n2nc(C3=CCOCC3)nc2n1CC(=O)Nc1ccc(OC(F)F)cc1. The maximum atomic E-state index is 14.1. The summed E-state index contributed by atoms with van der Waals surface area (Å²) in [7, 11) is 0. The molecule has 1 aromatic carbocycles. The Morgan fingerprint density at radius 2 is 1.89 bits per heavy atom. The predicted molar refractivity (Wildman–Crippen MR) is 162 cm³/mol. The zero-order valence-corrected chi connectivity index (χ0v) is 24.5. The van der Waals surface area contributed by atoms with Crippen molar-refractivity contribution in [2.24, 2.45) is 0 Å². The molecule has 4 aromatic rings. The first kappa shape index (κ1) is 30.0. The Bertz CT molecular complexity index is 1780. The first-order valence-electron chi connectivity index (χ1n) is 14.6. The molecule has 0 atom stereocenters. The molecule has 1 amide bonds. The van der Waals surface area contributed by atoms with Gasteiger partial charge in [-0.3, -0.25) is 9.59 Å². The molecule has 6 rings (SSSR count). The Hall–Kier alpha value is -5.05. The Kier molecular flexibility index (Phi) is 8.60. The second-order valence-corrected chi connectivity index (χ2v) is 10.5. The van der Waals surface area contributed by atoms with E-state index >= 15 is 0 Å². The molecule has 0 spiro atoms. The van der Waals surface area contributed by atoms with Crippen LogP contribution in [0.3, 0.4) is 0 Å². The van der Waals surface area contributed by atoms with Gasteiger partial charge in [-0.2, -0.15) is 18.3 Å². The van der Waals surface area contributed by atoms with Crippen LogP contribution in [-0.4, -0.2) is 81.2 Å². The Morgan fingerprint density at radius 1 is 1.13 bits per heavy atom. The van der Waals surface area contributed by atoms with Gasteiger partial charge < -0.3 is 34.3 Å². The summed E-state index contributed by atoms with van der Waals surface area (Å²) in [5.74, 6) is 0.763. The minimum absolute atomic E-state index is 0.0280. The zero-order chi connectivity index (χ0) is 31.5. The number of nitrogens with one attached hydrogen (secondary N) is 1. The molecule has 0 unspecified atom stereocenters. The van der Waals surface area contributed by atoms with Crippen LogP contribution in [0.1, 0.15) is 24.9 Å². The molecule has 0 bridgehead atoms. The number of fused-ring (bicyclic) bond motifs is 1. The number of carbonyl (C=O) groups excluding carboxylic acids is 1. The summed E-state index contributed by atoms with van der Waals surface area (Å²) in [6, 6.07) is 8.86. The fourth-order valence-electron chi connectivity index (χ4n) is 5.63. The van der Waals surface area contributed by atoms with Crippen LogP contribution in [0.4, 0.5) is 26.0 Å². The molecule has 45 heavy (non-hydrogen) atoms. The molecule has 236 valence electrons. The van der Waals surface area contributed by atoms with E-state index < -0.39 is 12.5 Å². The Balaban J connectivity index is 1.34. The fraction of sp³-hybridized carbons (Fsp3) is 0.367. The fourth-order valence-corrected chi connectivity index (χ4v) is 5.63. The lowest BCUT2D eigenvalue weighted by atomic mass is 10.1. The maximum absolute atomic E-state index is 14.1. The Labute approximate surface area is 256 Å². The van der Waals surface area contributed by atoms with E-state index in [1.54, 1.807) is 22.9 Å². The van der Waals surface area contributed by atoms with E-state index in [1.165, 1.54) is 28.8 Å². The minimum Gasteiger partial charge on any atom is -0.504 e. The number of nitrogens with zero attached hydrogens (tertiary/aromatic N) is 7. The summed E-state index contributed by atoms with van der Waals surface area (Å²) in [6.07, 6.45) is 4.52. The number of aromatic nitrogens is 5. The number of rotatable bonds is 9. The summed E-state index contributed by atoms with van der Waals surface area (Å²) in [6.45, 7) is 1.64. The van der Waals surface area contributed by atoms with Crippen LogP contribution in [0.5, 0.6) is 11.5 Å². The molecule has 3 aromatic heterocycles. The van der Waals surface area contributed by atoms with Crippen LogP contribution in [-0.2, 0) is 22.5 Å². The molecule has 15 heteroatoms. The van der Waals surface area contributed by atoms with Crippen molar-refractivity contribution in [3.8, 4) is 11.5 Å². The summed E-state index contributed by atoms with van der Waals surface area (Å²) >= 11 is 0. The number of anilines is 3. The monoisotopic (exact) mass is 622 g/mol. The molecule has 0 radical (unpaired) electrons. The molecule has 1 saturated heterocycles. The number of ether oxygens (including phenoxy) is 2. The van der Waals surface area contributed by atoms with Crippen LogP contribution >= 0.6 is 0 Å². The number of hydrogen-bond donors (Lipinski definition) is 2. The normalized spacial score (nSPS) is 15.4. The van der Waals surface area contributed by atoms with Crippen LogP contribution in [0.15, 0.2) is 53.5 Å². The van der Waals surface area contributed by atoms with Crippen molar-refractivity contribution in [1.29, 1.82) is 0 Å². The minimum atomic E-state index is -2.95. The van der Waals surface area contributed by atoms with Crippen LogP contribution in [0.2, 0.25) is 0 Å². The highest BCUT2D eigenvalue weighted by molar-refractivity contribution is 5.91. The van der Waals surface area contributed by atoms with Gasteiger partial charge in [0.05, 0.1) is 18.9 Å². The first-order valence-corrected chi connectivity index (χ1v) is 14.6. The molecule has 2 N–H and O–H groups in total. The van der Waals surface area contributed by atoms with E-state index in [0.717, 1.165) is 5.57 Å². The van der Waals surface area contributed by atoms with E-state index in [0.29, 0.717) is 80.9 Å². The lowest BCUT2D eigenvalue weighted by Gasteiger charge is -2.37. The third kappa shape index (κ3) is 6.29. The van der Waals surface area contributed by atoms with Crippen molar-refractivity contribution in [3.63, 3.8) is 0 Å². The molecular weight excluding hydrogens is 590 g/mol. The van der Waals surface area contributed by atoms with Gasteiger partial charge in [-0.05, 0) is 54.8 Å². The smallest absolute Gasteiger partial charge is 0.387 e. The second kappa shape index (κ2) is 12.9. The highest BCUT2D eigenvalue weighted by Gasteiger charge is 2.28. The number of alkyl halides is 2. The van der Waals surface area contributed by atoms with E-state index in [1.807, 2.05) is 22.8 Å². The average Bonchev–Trinajstić information content (AvgIpc) is 3.50. The summed E-state index contributed by atoms with van der Waals surface area (Å²) in [4.78, 5) is 40.4. The second-order valence-electron chi connectivity index (χ2n) is 10.5. The molecule has 1 fully saturated rings. The number of amides is 1. The van der Waals surface area contributed by atoms with E-state index in [-0.39, 0.29) is 29.4 Å². The Morgan fingerprint density at radius 3 is 2.56 bits per heavy atom. The van der Waals surface area contributed by atoms with Crippen molar-refractivity contribution < 1.29 is 28.2 Å². The van der Waals surface area contributed by atoms with Gasteiger partial charge in [0.2, 0.25) is 11.7 Å². The quantitative estimate of drug-likeness (QED) is 0.287. The van der Waals surface area contributed by atoms with Crippen LogP contribution < -0.4 is 25.4 Å². The van der Waals surface area contributed by atoms with Crippen molar-refractivity contribution in [1.82, 2.24) is 24.1 Å². The zero-order valence-electron chi connectivity index (χ0n) is 24.5. The summed E-state index contributed by atoms with van der Waals surface area (Å²) in [5.41, 5.74) is 1.95. The molecule has 0 aliphatic carbocycles.